The van der Waals surface area contributed by atoms with Gasteiger partial charge < -0.3 is 9.80 Å². The zero-order chi connectivity index (χ0) is 16.9. The van der Waals surface area contributed by atoms with Crippen LogP contribution in [-0.4, -0.2) is 46.3 Å². The molecule has 5 nitrogen and oxygen atoms in total. The van der Waals surface area contributed by atoms with E-state index in [1.165, 1.54) is 4.88 Å². The lowest BCUT2D eigenvalue weighted by Crippen LogP contribution is -2.31. The van der Waals surface area contributed by atoms with Gasteiger partial charge in [-0.3, -0.25) is 14.8 Å². The van der Waals surface area contributed by atoms with Gasteiger partial charge in [0.1, 0.15) is 0 Å². The van der Waals surface area contributed by atoms with Crippen LogP contribution in [0.2, 0.25) is 0 Å². The van der Waals surface area contributed by atoms with Crippen molar-refractivity contribution in [2.45, 2.75) is 38.3 Å². The number of nitrogens with zero attached hydrogens (tertiary/aromatic N) is 4. The fourth-order valence-corrected chi connectivity index (χ4v) is 3.89. The van der Waals surface area contributed by atoms with Crippen LogP contribution in [0.5, 0.6) is 0 Å². The number of amides is 1. The van der Waals surface area contributed by atoms with E-state index >= 15 is 0 Å². The molecule has 128 valence electrons. The Hall–Kier alpha value is -1.79. The fraction of sp³-hybridized carbons (Fsp3) is 0.500. The third-order valence-electron chi connectivity index (χ3n) is 4.26. The highest BCUT2D eigenvalue weighted by molar-refractivity contribution is 7.09. The normalized spacial score (nSPS) is 17.6. The molecule has 2 aromatic rings. The average molecular weight is 344 g/mol. The van der Waals surface area contributed by atoms with E-state index in [2.05, 4.69) is 21.3 Å². The third kappa shape index (κ3) is 4.19. The minimum atomic E-state index is 0.0791. The summed E-state index contributed by atoms with van der Waals surface area (Å²) >= 11 is 1.71. The second-order valence-corrected chi connectivity index (χ2v) is 7.53. The van der Waals surface area contributed by atoms with Gasteiger partial charge in [-0.2, -0.15) is 0 Å². The summed E-state index contributed by atoms with van der Waals surface area (Å²) in [6, 6.07) is 4.21. The van der Waals surface area contributed by atoms with Gasteiger partial charge in [0.05, 0.1) is 23.6 Å². The molecule has 0 aliphatic carbocycles. The van der Waals surface area contributed by atoms with E-state index in [1.54, 1.807) is 17.5 Å². The summed E-state index contributed by atoms with van der Waals surface area (Å²) in [5.41, 5.74) is 1.88. The molecule has 24 heavy (non-hydrogen) atoms. The van der Waals surface area contributed by atoms with Crippen molar-refractivity contribution in [1.82, 2.24) is 19.8 Å². The standard InChI is InChI=1S/C18H24N4OS/c1-21(2)13-14-11-19-12-16(20-14)17-6-3-9-22(17)18(23)8-7-15-5-4-10-24-15/h4-5,10-12,17H,3,6-9,13H2,1-2H3/t17-/m0/s1. The van der Waals surface area contributed by atoms with Crippen molar-refractivity contribution >= 4 is 17.2 Å². The number of likely N-dealkylation sites (tertiary alicyclic amines) is 1. The topological polar surface area (TPSA) is 49.3 Å². The van der Waals surface area contributed by atoms with Crippen LogP contribution in [0, 0.1) is 0 Å². The molecule has 6 heteroatoms. The first-order valence-corrected chi connectivity index (χ1v) is 9.29. The van der Waals surface area contributed by atoms with Crippen LogP contribution < -0.4 is 0 Å². The molecule has 1 aliphatic rings. The highest BCUT2D eigenvalue weighted by atomic mass is 32.1. The van der Waals surface area contributed by atoms with Crippen molar-refractivity contribution in [3.8, 4) is 0 Å². The Kier molecular flexibility index (Phi) is 5.58. The maximum absolute atomic E-state index is 12.7. The van der Waals surface area contributed by atoms with Crippen molar-refractivity contribution in [3.05, 3.63) is 46.2 Å². The highest BCUT2D eigenvalue weighted by Gasteiger charge is 2.30. The second-order valence-electron chi connectivity index (χ2n) is 6.50. The number of carbonyl (C=O) groups is 1. The van der Waals surface area contributed by atoms with Gasteiger partial charge in [-0.05, 0) is 44.8 Å². The Labute approximate surface area is 147 Å². The van der Waals surface area contributed by atoms with E-state index in [1.807, 2.05) is 31.3 Å². The number of aryl methyl sites for hydroxylation is 1. The molecule has 0 radical (unpaired) electrons. The van der Waals surface area contributed by atoms with Crippen molar-refractivity contribution < 1.29 is 4.79 Å². The van der Waals surface area contributed by atoms with E-state index in [9.17, 15) is 4.79 Å². The molecule has 0 bridgehead atoms. The number of rotatable bonds is 6. The Morgan fingerprint density at radius 3 is 3.04 bits per heavy atom. The summed E-state index contributed by atoms with van der Waals surface area (Å²) in [5.74, 6) is 0.228. The third-order valence-corrected chi connectivity index (χ3v) is 5.20. The predicted molar refractivity (Wildman–Crippen MR) is 95.8 cm³/mol. The van der Waals surface area contributed by atoms with Gasteiger partial charge in [-0.1, -0.05) is 6.07 Å². The second kappa shape index (κ2) is 7.85. The van der Waals surface area contributed by atoms with E-state index in [0.29, 0.717) is 6.42 Å². The lowest BCUT2D eigenvalue weighted by molar-refractivity contribution is -0.132. The summed E-state index contributed by atoms with van der Waals surface area (Å²) in [6.07, 6.45) is 7.03. The fourth-order valence-electron chi connectivity index (χ4n) is 3.19. The number of thiophene rings is 1. The quantitative estimate of drug-likeness (QED) is 0.808. The molecular weight excluding hydrogens is 320 g/mol. The summed E-state index contributed by atoms with van der Waals surface area (Å²) in [5, 5.41) is 2.06. The number of hydrogen-bond acceptors (Lipinski definition) is 5. The van der Waals surface area contributed by atoms with Crippen molar-refractivity contribution in [3.63, 3.8) is 0 Å². The predicted octanol–water partition coefficient (Wildman–Crippen LogP) is 2.90. The molecule has 2 aromatic heterocycles. The monoisotopic (exact) mass is 344 g/mol. The Balaban J connectivity index is 1.67. The van der Waals surface area contributed by atoms with Crippen LogP contribution in [-0.2, 0) is 17.8 Å². The van der Waals surface area contributed by atoms with Gasteiger partial charge in [0.2, 0.25) is 5.91 Å². The molecule has 3 rings (SSSR count). The van der Waals surface area contributed by atoms with Crippen molar-refractivity contribution in [2.24, 2.45) is 0 Å². The summed E-state index contributed by atoms with van der Waals surface area (Å²) in [6.45, 7) is 1.59. The lowest BCUT2D eigenvalue weighted by atomic mass is 10.1. The molecule has 1 amide bonds. The van der Waals surface area contributed by atoms with Crippen molar-refractivity contribution in [1.29, 1.82) is 0 Å². The van der Waals surface area contributed by atoms with E-state index in [4.69, 9.17) is 4.98 Å². The first-order chi connectivity index (χ1) is 11.6. The average Bonchev–Trinajstić information content (AvgIpc) is 3.23. The Morgan fingerprint density at radius 2 is 2.29 bits per heavy atom. The van der Waals surface area contributed by atoms with Gasteiger partial charge >= 0.3 is 0 Å². The molecular formula is C18H24N4OS. The number of carbonyl (C=O) groups excluding carboxylic acids is 1. The highest BCUT2D eigenvalue weighted by Crippen LogP contribution is 2.31. The van der Waals surface area contributed by atoms with Crippen LogP contribution in [0.1, 0.15) is 41.6 Å². The first-order valence-electron chi connectivity index (χ1n) is 8.41. The maximum Gasteiger partial charge on any atom is 0.223 e. The summed E-state index contributed by atoms with van der Waals surface area (Å²) in [4.78, 5) is 27.1. The van der Waals surface area contributed by atoms with Crippen LogP contribution in [0.15, 0.2) is 29.9 Å². The molecule has 0 saturated carbocycles. The van der Waals surface area contributed by atoms with E-state index < -0.39 is 0 Å². The van der Waals surface area contributed by atoms with E-state index in [0.717, 1.165) is 43.7 Å². The first kappa shape index (κ1) is 17.0. The largest absolute Gasteiger partial charge is 0.334 e. The number of aromatic nitrogens is 2. The molecule has 0 spiro atoms. The Morgan fingerprint density at radius 1 is 1.42 bits per heavy atom. The minimum absolute atomic E-state index is 0.0791. The van der Waals surface area contributed by atoms with Crippen LogP contribution >= 0.6 is 11.3 Å². The van der Waals surface area contributed by atoms with Gasteiger partial charge in [0.15, 0.2) is 0 Å². The smallest absolute Gasteiger partial charge is 0.223 e. The van der Waals surface area contributed by atoms with Gasteiger partial charge in [0, 0.05) is 30.6 Å². The van der Waals surface area contributed by atoms with Gasteiger partial charge in [0.25, 0.3) is 0 Å². The lowest BCUT2D eigenvalue weighted by Gasteiger charge is -2.24. The minimum Gasteiger partial charge on any atom is -0.334 e. The molecule has 3 heterocycles. The van der Waals surface area contributed by atoms with Gasteiger partial charge in [-0.25, -0.2) is 0 Å². The molecule has 1 saturated heterocycles. The van der Waals surface area contributed by atoms with E-state index in [-0.39, 0.29) is 11.9 Å². The van der Waals surface area contributed by atoms with Crippen molar-refractivity contribution in [2.75, 3.05) is 20.6 Å². The molecule has 1 atom stereocenters. The summed E-state index contributed by atoms with van der Waals surface area (Å²) < 4.78 is 0. The number of hydrogen-bond donors (Lipinski definition) is 0. The Bertz CT molecular complexity index is 671. The molecule has 0 aromatic carbocycles. The van der Waals surface area contributed by atoms with Crippen LogP contribution in [0.4, 0.5) is 0 Å². The summed E-state index contributed by atoms with van der Waals surface area (Å²) in [7, 11) is 4.04. The SMILES string of the molecule is CN(C)Cc1cncc([C@@H]2CCCN2C(=O)CCc2cccs2)n1. The van der Waals surface area contributed by atoms with Crippen LogP contribution in [0.25, 0.3) is 0 Å². The zero-order valence-electron chi connectivity index (χ0n) is 14.3. The van der Waals surface area contributed by atoms with Gasteiger partial charge in [-0.15, -0.1) is 11.3 Å². The molecule has 1 aliphatic heterocycles. The molecule has 0 N–H and O–H groups in total. The zero-order valence-corrected chi connectivity index (χ0v) is 15.1. The maximum atomic E-state index is 12.7. The van der Waals surface area contributed by atoms with Crippen LogP contribution in [0.3, 0.4) is 0 Å². The molecule has 0 unspecified atom stereocenters. The molecule has 1 fully saturated rings.